The van der Waals surface area contributed by atoms with E-state index < -0.39 is 13.3 Å². The Bertz CT molecular complexity index is 797. The van der Waals surface area contributed by atoms with E-state index in [1.54, 1.807) is 0 Å². The molecule has 4 heteroatoms. The maximum atomic E-state index is 11.9. The molecule has 0 radical (unpaired) electrons. The normalized spacial score (nSPS) is 13.7. The SMILES string of the molecule is CCC(c1c2ccccc2cc2ccccc12)P(=O)(O)O. The van der Waals surface area contributed by atoms with Gasteiger partial charge in [0.05, 0.1) is 5.66 Å². The van der Waals surface area contributed by atoms with E-state index in [0.29, 0.717) is 6.42 Å². The second kappa shape index (κ2) is 5.27. The highest BCUT2D eigenvalue weighted by molar-refractivity contribution is 7.52. The molecule has 0 spiro atoms. The van der Waals surface area contributed by atoms with Crippen molar-refractivity contribution in [1.82, 2.24) is 0 Å². The van der Waals surface area contributed by atoms with Crippen LogP contribution in [-0.4, -0.2) is 9.79 Å². The monoisotopic (exact) mass is 300 g/mol. The van der Waals surface area contributed by atoms with Gasteiger partial charge in [-0.25, -0.2) is 0 Å². The van der Waals surface area contributed by atoms with Crippen molar-refractivity contribution in [2.75, 3.05) is 0 Å². The quantitative estimate of drug-likeness (QED) is 0.548. The molecular formula is C17H17O3P. The van der Waals surface area contributed by atoms with E-state index >= 15 is 0 Å². The summed E-state index contributed by atoms with van der Waals surface area (Å²) in [6.07, 6.45) is 0.405. The van der Waals surface area contributed by atoms with Crippen LogP contribution in [0.5, 0.6) is 0 Å². The van der Waals surface area contributed by atoms with Crippen molar-refractivity contribution < 1.29 is 14.4 Å². The Kier molecular flexibility index (Phi) is 3.58. The highest BCUT2D eigenvalue weighted by Gasteiger charge is 2.31. The summed E-state index contributed by atoms with van der Waals surface area (Å²) in [7, 11) is -4.21. The molecule has 0 aliphatic rings. The van der Waals surface area contributed by atoms with Gasteiger partial charge < -0.3 is 9.79 Å². The average Bonchev–Trinajstić information content (AvgIpc) is 2.46. The Hall–Kier alpha value is -1.67. The predicted molar refractivity (Wildman–Crippen MR) is 86.5 cm³/mol. The number of rotatable bonds is 3. The van der Waals surface area contributed by atoms with Gasteiger partial charge in [-0.05, 0) is 39.6 Å². The predicted octanol–water partition coefficient (Wildman–Crippen LogP) is 4.62. The smallest absolute Gasteiger partial charge is 0.324 e. The van der Waals surface area contributed by atoms with E-state index in [9.17, 15) is 14.4 Å². The van der Waals surface area contributed by atoms with E-state index in [-0.39, 0.29) is 0 Å². The lowest BCUT2D eigenvalue weighted by molar-refractivity contribution is 0.357. The Morgan fingerprint density at radius 1 is 0.952 bits per heavy atom. The van der Waals surface area contributed by atoms with Crippen molar-refractivity contribution in [2.24, 2.45) is 0 Å². The van der Waals surface area contributed by atoms with Crippen LogP contribution in [0.3, 0.4) is 0 Å². The average molecular weight is 300 g/mol. The van der Waals surface area contributed by atoms with Crippen LogP contribution in [0.4, 0.5) is 0 Å². The first-order chi connectivity index (χ1) is 10.0. The molecule has 0 saturated heterocycles. The summed E-state index contributed by atoms with van der Waals surface area (Å²) in [5.74, 6) is 0. The fraction of sp³-hybridized carbons (Fsp3) is 0.176. The van der Waals surface area contributed by atoms with Crippen LogP contribution in [-0.2, 0) is 4.57 Å². The van der Waals surface area contributed by atoms with Crippen molar-refractivity contribution in [3.8, 4) is 0 Å². The minimum atomic E-state index is -4.21. The Morgan fingerprint density at radius 3 is 1.86 bits per heavy atom. The highest BCUT2D eigenvalue weighted by atomic mass is 31.2. The van der Waals surface area contributed by atoms with Gasteiger partial charge in [0.1, 0.15) is 0 Å². The first kappa shape index (κ1) is 14.3. The van der Waals surface area contributed by atoms with E-state index in [2.05, 4.69) is 6.07 Å². The van der Waals surface area contributed by atoms with Crippen molar-refractivity contribution in [3.05, 3.63) is 60.2 Å². The molecule has 21 heavy (non-hydrogen) atoms. The third-order valence-corrected chi connectivity index (χ3v) is 5.37. The second-order valence-corrected chi connectivity index (χ2v) is 7.05. The second-order valence-electron chi connectivity index (χ2n) is 5.25. The summed E-state index contributed by atoms with van der Waals surface area (Å²) in [5, 5.41) is 3.87. The summed E-state index contributed by atoms with van der Waals surface area (Å²) in [6.45, 7) is 1.82. The zero-order chi connectivity index (χ0) is 15.0. The maximum Gasteiger partial charge on any atom is 0.332 e. The van der Waals surface area contributed by atoms with Crippen LogP contribution in [0, 0.1) is 0 Å². The molecule has 0 fully saturated rings. The largest absolute Gasteiger partial charge is 0.332 e. The van der Waals surface area contributed by atoms with E-state index in [1.165, 1.54) is 0 Å². The zero-order valence-electron chi connectivity index (χ0n) is 11.7. The first-order valence-corrected chi connectivity index (χ1v) is 8.66. The number of hydrogen-bond donors (Lipinski definition) is 2. The number of fused-ring (bicyclic) bond motifs is 2. The van der Waals surface area contributed by atoms with Gasteiger partial charge in [0.25, 0.3) is 0 Å². The van der Waals surface area contributed by atoms with Crippen molar-refractivity contribution >= 4 is 29.1 Å². The molecule has 3 aromatic carbocycles. The first-order valence-electron chi connectivity index (χ1n) is 6.98. The highest BCUT2D eigenvalue weighted by Crippen LogP contribution is 2.56. The minimum Gasteiger partial charge on any atom is -0.324 e. The van der Waals surface area contributed by atoms with Crippen LogP contribution < -0.4 is 0 Å². The Balaban J connectivity index is 2.48. The van der Waals surface area contributed by atoms with Gasteiger partial charge in [0.2, 0.25) is 0 Å². The molecule has 0 saturated carbocycles. The summed E-state index contributed by atoms with van der Waals surface area (Å²) in [6, 6.07) is 17.6. The molecule has 1 atom stereocenters. The van der Waals surface area contributed by atoms with Crippen molar-refractivity contribution in [2.45, 2.75) is 19.0 Å². The molecule has 108 valence electrons. The summed E-state index contributed by atoms with van der Waals surface area (Å²) >= 11 is 0. The van der Waals surface area contributed by atoms with Gasteiger partial charge in [-0.2, -0.15) is 0 Å². The standard InChI is InChI=1S/C17H17O3P/c1-2-16(21(18,19)20)17-14-9-5-3-7-12(14)11-13-8-4-6-10-15(13)17/h3-11,16H,2H2,1H3,(H2,18,19,20). The van der Waals surface area contributed by atoms with Gasteiger partial charge in [-0.3, -0.25) is 4.57 Å². The summed E-state index contributed by atoms with van der Waals surface area (Å²) in [4.78, 5) is 19.5. The van der Waals surface area contributed by atoms with Crippen LogP contribution in [0.25, 0.3) is 21.5 Å². The fourth-order valence-electron chi connectivity index (χ4n) is 3.02. The molecule has 1 unspecified atom stereocenters. The lowest BCUT2D eigenvalue weighted by atomic mass is 9.94. The van der Waals surface area contributed by atoms with Crippen LogP contribution in [0.2, 0.25) is 0 Å². The molecule has 3 aromatic rings. The fourth-order valence-corrected chi connectivity index (χ4v) is 4.11. The number of hydrogen-bond acceptors (Lipinski definition) is 1. The molecule has 0 bridgehead atoms. The van der Waals surface area contributed by atoms with Crippen LogP contribution in [0.15, 0.2) is 54.6 Å². The summed E-state index contributed by atoms with van der Waals surface area (Å²) in [5.41, 5.74) is -0.00645. The third-order valence-electron chi connectivity index (χ3n) is 3.94. The summed E-state index contributed by atoms with van der Waals surface area (Å²) < 4.78 is 11.9. The zero-order valence-corrected chi connectivity index (χ0v) is 12.6. The van der Waals surface area contributed by atoms with Crippen LogP contribution in [0.1, 0.15) is 24.6 Å². The molecule has 3 rings (SSSR count). The molecule has 0 aliphatic carbocycles. The van der Waals surface area contributed by atoms with Gasteiger partial charge in [0, 0.05) is 0 Å². The lowest BCUT2D eigenvalue weighted by Crippen LogP contribution is -2.01. The molecule has 0 aliphatic heterocycles. The van der Waals surface area contributed by atoms with E-state index in [1.807, 2.05) is 55.5 Å². The van der Waals surface area contributed by atoms with Gasteiger partial charge in [-0.15, -0.1) is 0 Å². The van der Waals surface area contributed by atoms with Crippen molar-refractivity contribution in [3.63, 3.8) is 0 Å². The van der Waals surface area contributed by atoms with Crippen LogP contribution >= 0.6 is 7.60 Å². The minimum absolute atomic E-state index is 0.405. The van der Waals surface area contributed by atoms with Gasteiger partial charge >= 0.3 is 7.60 Å². The van der Waals surface area contributed by atoms with Gasteiger partial charge in [0.15, 0.2) is 0 Å². The molecular weight excluding hydrogens is 283 g/mol. The maximum absolute atomic E-state index is 11.9. The lowest BCUT2D eigenvalue weighted by Gasteiger charge is -2.21. The molecule has 2 N–H and O–H groups in total. The molecule has 0 aromatic heterocycles. The number of benzene rings is 3. The third kappa shape index (κ3) is 2.49. The molecule has 0 amide bonds. The Morgan fingerprint density at radius 2 is 1.43 bits per heavy atom. The molecule has 3 nitrogen and oxygen atoms in total. The van der Waals surface area contributed by atoms with E-state index in [0.717, 1.165) is 27.1 Å². The topological polar surface area (TPSA) is 57.5 Å². The Labute approximate surface area is 123 Å². The van der Waals surface area contributed by atoms with E-state index in [4.69, 9.17) is 0 Å². The van der Waals surface area contributed by atoms with Crippen molar-refractivity contribution in [1.29, 1.82) is 0 Å². The molecule has 0 heterocycles. The van der Waals surface area contributed by atoms with Gasteiger partial charge in [-0.1, -0.05) is 55.5 Å².